The zero-order chi connectivity index (χ0) is 23.7. The molecule has 0 bridgehead atoms. The van der Waals surface area contributed by atoms with E-state index < -0.39 is 23.3 Å². The monoisotopic (exact) mass is 457 g/mol. The maximum atomic E-state index is 13.2. The van der Waals surface area contributed by atoms with Gasteiger partial charge in [-0.1, -0.05) is 25.1 Å². The molecule has 0 saturated heterocycles. The maximum Gasteiger partial charge on any atom is 0.258 e. The van der Waals surface area contributed by atoms with Gasteiger partial charge in [-0.15, -0.1) is 0 Å². The van der Waals surface area contributed by atoms with E-state index in [1.165, 1.54) is 5.56 Å². The number of benzene rings is 2. The van der Waals surface area contributed by atoms with Crippen LogP contribution in [0.4, 0.5) is 17.5 Å². The van der Waals surface area contributed by atoms with Crippen LogP contribution < -0.4 is 25.7 Å². The van der Waals surface area contributed by atoms with Crippen molar-refractivity contribution in [3.8, 4) is 17.6 Å². The molecule has 2 atom stereocenters. The molecule has 1 amide bonds. The first-order chi connectivity index (χ1) is 16.6. The van der Waals surface area contributed by atoms with E-state index in [9.17, 15) is 14.9 Å². The molecule has 172 valence electrons. The van der Waals surface area contributed by atoms with Gasteiger partial charge in [0.1, 0.15) is 11.7 Å². The van der Waals surface area contributed by atoms with E-state index >= 15 is 0 Å². The molecular weight excluding hydrogens is 434 g/mol. The number of hydrogen-bond acceptors (Lipinski definition) is 7. The van der Waals surface area contributed by atoms with E-state index in [1.807, 2.05) is 30.3 Å². The number of aryl methyl sites for hydroxylation is 1. The topological polar surface area (TPSA) is 129 Å². The second-order valence-electron chi connectivity index (χ2n) is 8.18. The minimum Gasteiger partial charge on any atom is -0.490 e. The molecule has 3 heterocycles. The molecule has 0 saturated carbocycles. The number of nitrogens with one attached hydrogen (secondary N) is 3. The average Bonchev–Trinajstić information content (AvgIpc) is 3.08. The maximum absolute atomic E-state index is 13.2. The normalized spacial score (nSPS) is 18.8. The van der Waals surface area contributed by atoms with Gasteiger partial charge in [-0.25, -0.2) is 0 Å². The molecule has 3 N–H and O–H groups in total. The number of aromatic amines is 1. The molecule has 2 aliphatic rings. The van der Waals surface area contributed by atoms with Gasteiger partial charge in [0.2, 0.25) is 11.9 Å². The van der Waals surface area contributed by atoms with Gasteiger partial charge in [0.15, 0.2) is 11.5 Å². The van der Waals surface area contributed by atoms with Crippen molar-refractivity contribution in [2.75, 3.05) is 23.8 Å². The number of nitriles is 1. The van der Waals surface area contributed by atoms with Crippen molar-refractivity contribution in [1.82, 2.24) is 9.97 Å². The molecule has 2 aromatic carbocycles. The van der Waals surface area contributed by atoms with Gasteiger partial charge in [-0.3, -0.25) is 14.6 Å². The van der Waals surface area contributed by atoms with Crippen LogP contribution >= 0.6 is 0 Å². The zero-order valence-corrected chi connectivity index (χ0v) is 18.6. The molecule has 0 fully saturated rings. The predicted octanol–water partition coefficient (Wildman–Crippen LogP) is 3.46. The fraction of sp³-hybridized carbons (Fsp3) is 0.280. The van der Waals surface area contributed by atoms with Crippen LogP contribution in [0.15, 0.2) is 47.3 Å². The van der Waals surface area contributed by atoms with Crippen LogP contribution in [0.2, 0.25) is 0 Å². The number of anilines is 3. The Balaban J connectivity index is 1.55. The number of nitrogens with zero attached hydrogens (tertiary/aromatic N) is 2. The predicted molar refractivity (Wildman–Crippen MR) is 126 cm³/mol. The summed E-state index contributed by atoms with van der Waals surface area (Å²) in [7, 11) is 0. The zero-order valence-electron chi connectivity index (χ0n) is 18.6. The lowest BCUT2D eigenvalue weighted by Gasteiger charge is -2.28. The highest BCUT2D eigenvalue weighted by atomic mass is 16.5. The van der Waals surface area contributed by atoms with Crippen LogP contribution in [-0.2, 0) is 11.2 Å². The van der Waals surface area contributed by atoms with Gasteiger partial charge in [0.25, 0.3) is 5.56 Å². The number of amides is 1. The largest absolute Gasteiger partial charge is 0.490 e. The van der Waals surface area contributed by atoms with Crippen molar-refractivity contribution in [3.63, 3.8) is 0 Å². The Bertz CT molecular complexity index is 1340. The van der Waals surface area contributed by atoms with Crippen LogP contribution in [-0.4, -0.2) is 29.1 Å². The SMILES string of the molecule is CCc1ccc(Nc2nc3c(c(=O)[nH]2)C(c2ccc4c(c2)OCCCO4)C(C#N)C(=O)N3)cc1. The van der Waals surface area contributed by atoms with E-state index in [2.05, 4.69) is 27.5 Å². The summed E-state index contributed by atoms with van der Waals surface area (Å²) in [5, 5.41) is 15.5. The van der Waals surface area contributed by atoms with E-state index in [1.54, 1.807) is 18.2 Å². The number of H-pyrrole nitrogens is 1. The van der Waals surface area contributed by atoms with Crippen LogP contribution in [0.25, 0.3) is 0 Å². The molecule has 2 aliphatic heterocycles. The first-order valence-corrected chi connectivity index (χ1v) is 11.2. The second kappa shape index (κ2) is 8.90. The molecule has 9 nitrogen and oxygen atoms in total. The highest BCUT2D eigenvalue weighted by Gasteiger charge is 2.40. The number of carbonyl (C=O) groups excluding carboxylic acids is 1. The van der Waals surface area contributed by atoms with Crippen molar-refractivity contribution in [3.05, 3.63) is 69.5 Å². The summed E-state index contributed by atoms with van der Waals surface area (Å²) in [6.45, 7) is 3.11. The Morgan fingerprint density at radius 3 is 2.62 bits per heavy atom. The number of ether oxygens (including phenoxy) is 2. The second-order valence-corrected chi connectivity index (χ2v) is 8.18. The lowest BCUT2D eigenvalue weighted by atomic mass is 9.79. The van der Waals surface area contributed by atoms with Crippen molar-refractivity contribution < 1.29 is 14.3 Å². The Morgan fingerprint density at radius 1 is 1.12 bits per heavy atom. The molecule has 2 unspecified atom stereocenters. The molecule has 3 aromatic rings. The van der Waals surface area contributed by atoms with E-state index in [-0.39, 0.29) is 17.3 Å². The molecule has 34 heavy (non-hydrogen) atoms. The highest BCUT2D eigenvalue weighted by molar-refractivity contribution is 5.98. The highest BCUT2D eigenvalue weighted by Crippen LogP contribution is 2.41. The molecule has 0 radical (unpaired) electrons. The van der Waals surface area contributed by atoms with Crippen LogP contribution in [0.3, 0.4) is 0 Å². The minimum atomic E-state index is -1.10. The molecular formula is C25H23N5O4. The summed E-state index contributed by atoms with van der Waals surface area (Å²) < 4.78 is 11.5. The Hall–Kier alpha value is -4.32. The quantitative estimate of drug-likeness (QED) is 0.547. The summed E-state index contributed by atoms with van der Waals surface area (Å²) in [4.78, 5) is 33.2. The Kier molecular flexibility index (Phi) is 5.64. The third-order valence-electron chi connectivity index (χ3n) is 6.02. The van der Waals surface area contributed by atoms with Gasteiger partial charge in [0, 0.05) is 18.0 Å². The standard InChI is InChI=1S/C25H23N5O4/c1-2-14-4-7-16(8-5-14)27-25-29-22-21(24(32)30-25)20(17(13-26)23(31)28-22)15-6-9-18-19(12-15)34-11-3-10-33-18/h4-9,12,17,20H,2-3,10-11H2,1H3,(H3,27,28,29,30,31,32). The van der Waals surface area contributed by atoms with Gasteiger partial charge in [0.05, 0.1) is 24.8 Å². The summed E-state index contributed by atoms with van der Waals surface area (Å²) in [5.41, 5.74) is 2.33. The summed E-state index contributed by atoms with van der Waals surface area (Å²) >= 11 is 0. The molecule has 1 aromatic heterocycles. The number of fused-ring (bicyclic) bond motifs is 2. The fourth-order valence-corrected chi connectivity index (χ4v) is 4.26. The third-order valence-corrected chi connectivity index (χ3v) is 6.02. The van der Waals surface area contributed by atoms with E-state index in [4.69, 9.17) is 9.47 Å². The van der Waals surface area contributed by atoms with Gasteiger partial charge < -0.3 is 20.1 Å². The van der Waals surface area contributed by atoms with Gasteiger partial charge >= 0.3 is 0 Å². The van der Waals surface area contributed by atoms with E-state index in [0.29, 0.717) is 30.3 Å². The lowest BCUT2D eigenvalue weighted by Crippen LogP contribution is -2.38. The Labute approximate surface area is 195 Å². The Morgan fingerprint density at radius 2 is 1.88 bits per heavy atom. The van der Waals surface area contributed by atoms with Crippen LogP contribution in [0.5, 0.6) is 11.5 Å². The number of carbonyl (C=O) groups is 1. The molecule has 0 aliphatic carbocycles. The summed E-state index contributed by atoms with van der Waals surface area (Å²) in [6.07, 6.45) is 1.67. The van der Waals surface area contributed by atoms with E-state index in [0.717, 1.165) is 18.5 Å². The van der Waals surface area contributed by atoms with Crippen molar-refractivity contribution >= 4 is 23.4 Å². The average molecular weight is 457 g/mol. The van der Waals surface area contributed by atoms with Crippen molar-refractivity contribution in [2.24, 2.45) is 5.92 Å². The van der Waals surface area contributed by atoms with Crippen LogP contribution in [0, 0.1) is 17.2 Å². The molecule has 9 heteroatoms. The summed E-state index contributed by atoms with van der Waals surface area (Å²) in [5.74, 6) is -0.969. The third kappa shape index (κ3) is 3.94. The number of aromatic nitrogens is 2. The molecule has 0 spiro atoms. The van der Waals surface area contributed by atoms with Crippen molar-refractivity contribution in [1.29, 1.82) is 5.26 Å². The number of hydrogen-bond donors (Lipinski definition) is 3. The smallest absolute Gasteiger partial charge is 0.258 e. The van der Waals surface area contributed by atoms with Crippen LogP contribution in [0.1, 0.15) is 36.0 Å². The summed E-state index contributed by atoms with van der Waals surface area (Å²) in [6, 6.07) is 15.0. The lowest BCUT2D eigenvalue weighted by molar-refractivity contribution is -0.119. The van der Waals surface area contributed by atoms with Gasteiger partial charge in [-0.05, 0) is 41.8 Å². The first-order valence-electron chi connectivity index (χ1n) is 11.2. The molecule has 5 rings (SSSR count). The van der Waals surface area contributed by atoms with Gasteiger partial charge in [-0.2, -0.15) is 10.2 Å². The van der Waals surface area contributed by atoms with Crippen molar-refractivity contribution in [2.45, 2.75) is 25.7 Å². The number of rotatable bonds is 4. The minimum absolute atomic E-state index is 0.130. The first kappa shape index (κ1) is 21.5. The fourth-order valence-electron chi connectivity index (χ4n) is 4.26.